The van der Waals surface area contributed by atoms with Crippen molar-refractivity contribution < 1.29 is 0 Å². The number of fused-ring (bicyclic) bond motifs is 2. The third-order valence-electron chi connectivity index (χ3n) is 6.83. The van der Waals surface area contributed by atoms with Crippen LogP contribution in [0.15, 0.2) is 146 Å². The third-order valence-corrected chi connectivity index (χ3v) is 6.83. The molecule has 2 aromatic heterocycles. The SMILES string of the molecule is c1ccc(N(c2ccccc2)c2ccc(-c3nc4ccccc4n3-c3cccc4cccnc34)cc2)cc1. The second-order valence-electron chi connectivity index (χ2n) is 9.17. The largest absolute Gasteiger partial charge is 0.311 e. The molecule has 0 saturated carbocycles. The smallest absolute Gasteiger partial charge is 0.145 e. The van der Waals surface area contributed by atoms with Gasteiger partial charge in [0.2, 0.25) is 0 Å². The lowest BCUT2D eigenvalue weighted by atomic mass is 10.1. The molecule has 0 amide bonds. The first-order valence-electron chi connectivity index (χ1n) is 12.7. The Bertz CT molecular complexity index is 1810. The van der Waals surface area contributed by atoms with Crippen molar-refractivity contribution in [1.29, 1.82) is 0 Å². The van der Waals surface area contributed by atoms with E-state index in [1.807, 2.05) is 30.5 Å². The number of rotatable bonds is 5. The molecule has 0 spiro atoms. The molecule has 0 N–H and O–H groups in total. The van der Waals surface area contributed by atoms with E-state index in [-0.39, 0.29) is 0 Å². The first kappa shape index (κ1) is 22.0. The summed E-state index contributed by atoms with van der Waals surface area (Å²) < 4.78 is 2.23. The van der Waals surface area contributed by atoms with Crippen LogP contribution in [-0.2, 0) is 0 Å². The Hall–Kier alpha value is -5.22. The van der Waals surface area contributed by atoms with Crippen LogP contribution in [0.2, 0.25) is 0 Å². The van der Waals surface area contributed by atoms with Crippen LogP contribution >= 0.6 is 0 Å². The first-order chi connectivity index (χ1) is 18.9. The van der Waals surface area contributed by atoms with E-state index in [1.165, 1.54) is 0 Å². The zero-order chi connectivity index (χ0) is 25.3. The van der Waals surface area contributed by atoms with Gasteiger partial charge in [-0.3, -0.25) is 9.55 Å². The Balaban J connectivity index is 1.39. The molecule has 0 saturated heterocycles. The van der Waals surface area contributed by atoms with Crippen molar-refractivity contribution in [3.8, 4) is 17.1 Å². The van der Waals surface area contributed by atoms with Gasteiger partial charge < -0.3 is 4.90 Å². The summed E-state index contributed by atoms with van der Waals surface area (Å²) in [5.41, 5.74) is 8.33. The van der Waals surface area contributed by atoms with Crippen LogP contribution in [0.4, 0.5) is 17.1 Å². The minimum absolute atomic E-state index is 0.891. The van der Waals surface area contributed by atoms with Crippen LogP contribution in [0.1, 0.15) is 0 Å². The maximum absolute atomic E-state index is 5.08. The fourth-order valence-electron chi connectivity index (χ4n) is 5.09. The topological polar surface area (TPSA) is 34.0 Å². The quantitative estimate of drug-likeness (QED) is 0.243. The van der Waals surface area contributed by atoms with E-state index in [4.69, 9.17) is 9.97 Å². The van der Waals surface area contributed by atoms with Crippen LogP contribution in [0.5, 0.6) is 0 Å². The normalized spacial score (nSPS) is 11.2. The molecule has 7 rings (SSSR count). The van der Waals surface area contributed by atoms with Gasteiger partial charge in [-0.1, -0.05) is 66.7 Å². The third kappa shape index (κ3) is 3.80. The Morgan fingerprint density at radius 1 is 0.526 bits per heavy atom. The van der Waals surface area contributed by atoms with Crippen LogP contribution in [0.3, 0.4) is 0 Å². The Morgan fingerprint density at radius 2 is 1.16 bits per heavy atom. The molecule has 0 aliphatic heterocycles. The molecule has 0 bridgehead atoms. The fourth-order valence-corrected chi connectivity index (χ4v) is 5.09. The number of benzene rings is 5. The molecule has 0 aliphatic rings. The van der Waals surface area contributed by atoms with E-state index >= 15 is 0 Å². The molecule has 38 heavy (non-hydrogen) atoms. The second kappa shape index (κ2) is 9.34. The highest BCUT2D eigenvalue weighted by Crippen LogP contribution is 2.36. The lowest BCUT2D eigenvalue weighted by molar-refractivity contribution is 1.11. The molecule has 0 fully saturated rings. The molecule has 4 nitrogen and oxygen atoms in total. The molecule has 0 aliphatic carbocycles. The van der Waals surface area contributed by atoms with E-state index in [0.717, 1.165) is 56.1 Å². The fraction of sp³-hybridized carbons (Fsp3) is 0. The highest BCUT2D eigenvalue weighted by atomic mass is 15.1. The number of imidazole rings is 1. The summed E-state index contributed by atoms with van der Waals surface area (Å²) >= 11 is 0. The van der Waals surface area contributed by atoms with Gasteiger partial charge in [-0.25, -0.2) is 4.98 Å². The lowest BCUT2D eigenvalue weighted by Crippen LogP contribution is -2.09. The van der Waals surface area contributed by atoms with E-state index in [0.29, 0.717) is 0 Å². The standard InChI is InChI=1S/C34H24N4/c1-3-13-27(14-4-1)37(28-15-5-2-6-16-28)29-22-20-26(21-23-29)34-36-30-17-7-8-18-31(30)38(34)32-19-9-11-25-12-10-24-35-33(25)32/h1-24H. The summed E-state index contributed by atoms with van der Waals surface area (Å²) in [7, 11) is 0. The van der Waals surface area contributed by atoms with Gasteiger partial charge in [0.25, 0.3) is 0 Å². The number of nitrogens with zero attached hydrogens (tertiary/aromatic N) is 4. The highest BCUT2D eigenvalue weighted by Gasteiger charge is 2.18. The van der Waals surface area contributed by atoms with Gasteiger partial charge in [-0.05, 0) is 72.8 Å². The number of hydrogen-bond acceptors (Lipinski definition) is 3. The molecule has 5 aromatic carbocycles. The Kier molecular flexibility index (Phi) is 5.41. The van der Waals surface area contributed by atoms with Crippen molar-refractivity contribution in [1.82, 2.24) is 14.5 Å². The summed E-state index contributed by atoms with van der Waals surface area (Å²) in [6.45, 7) is 0. The molecule has 2 heterocycles. The summed E-state index contributed by atoms with van der Waals surface area (Å²) in [6, 6.07) is 48.2. The van der Waals surface area contributed by atoms with Gasteiger partial charge >= 0.3 is 0 Å². The number of anilines is 3. The predicted octanol–water partition coefficient (Wildman–Crippen LogP) is 8.71. The highest BCUT2D eigenvalue weighted by molar-refractivity contribution is 5.92. The maximum Gasteiger partial charge on any atom is 0.145 e. The van der Waals surface area contributed by atoms with Gasteiger partial charge in [0.05, 0.1) is 22.2 Å². The summed E-state index contributed by atoms with van der Waals surface area (Å²) in [4.78, 5) is 12.1. The molecule has 0 atom stereocenters. The zero-order valence-electron chi connectivity index (χ0n) is 20.6. The van der Waals surface area contributed by atoms with Crippen LogP contribution in [0.25, 0.3) is 39.0 Å². The van der Waals surface area contributed by atoms with Crippen molar-refractivity contribution in [2.75, 3.05) is 4.90 Å². The summed E-state index contributed by atoms with van der Waals surface area (Å²) in [5, 5.41) is 1.10. The number of hydrogen-bond donors (Lipinski definition) is 0. The lowest BCUT2D eigenvalue weighted by Gasteiger charge is -2.25. The van der Waals surface area contributed by atoms with Gasteiger partial charge in [0.1, 0.15) is 5.82 Å². The number of para-hydroxylation sites is 5. The van der Waals surface area contributed by atoms with Crippen LogP contribution in [0, 0.1) is 0 Å². The maximum atomic E-state index is 5.08. The van der Waals surface area contributed by atoms with Crippen molar-refractivity contribution in [2.24, 2.45) is 0 Å². The monoisotopic (exact) mass is 488 g/mol. The van der Waals surface area contributed by atoms with E-state index in [2.05, 4.69) is 125 Å². The second-order valence-corrected chi connectivity index (χ2v) is 9.17. The van der Waals surface area contributed by atoms with Crippen molar-refractivity contribution in [3.05, 3.63) is 146 Å². The molecule has 7 aromatic rings. The number of aromatic nitrogens is 3. The summed E-state index contributed by atoms with van der Waals surface area (Å²) in [5.74, 6) is 0.891. The number of pyridine rings is 1. The van der Waals surface area contributed by atoms with Crippen molar-refractivity contribution in [2.45, 2.75) is 0 Å². The minimum Gasteiger partial charge on any atom is -0.311 e. The van der Waals surface area contributed by atoms with Gasteiger partial charge in [0, 0.05) is 34.2 Å². The molecular formula is C34H24N4. The molecule has 0 unspecified atom stereocenters. The van der Waals surface area contributed by atoms with Gasteiger partial charge in [-0.15, -0.1) is 0 Å². The molecule has 0 radical (unpaired) electrons. The Labute approximate surface area is 221 Å². The molecule has 4 heteroatoms. The van der Waals surface area contributed by atoms with Gasteiger partial charge in [-0.2, -0.15) is 0 Å². The minimum atomic E-state index is 0.891. The predicted molar refractivity (Wildman–Crippen MR) is 156 cm³/mol. The van der Waals surface area contributed by atoms with Crippen molar-refractivity contribution in [3.63, 3.8) is 0 Å². The van der Waals surface area contributed by atoms with E-state index in [1.54, 1.807) is 0 Å². The Morgan fingerprint density at radius 3 is 1.89 bits per heavy atom. The van der Waals surface area contributed by atoms with Crippen LogP contribution in [-0.4, -0.2) is 14.5 Å². The van der Waals surface area contributed by atoms with Crippen LogP contribution < -0.4 is 4.90 Å². The average molecular weight is 489 g/mol. The first-order valence-corrected chi connectivity index (χ1v) is 12.7. The van der Waals surface area contributed by atoms with E-state index in [9.17, 15) is 0 Å². The molecule has 180 valence electrons. The van der Waals surface area contributed by atoms with E-state index < -0.39 is 0 Å². The average Bonchev–Trinajstić information content (AvgIpc) is 3.38. The van der Waals surface area contributed by atoms with Gasteiger partial charge in [0.15, 0.2) is 0 Å². The molecular weight excluding hydrogens is 464 g/mol. The summed E-state index contributed by atoms with van der Waals surface area (Å²) in [6.07, 6.45) is 1.85. The van der Waals surface area contributed by atoms with Crippen molar-refractivity contribution >= 4 is 39.0 Å². The zero-order valence-corrected chi connectivity index (χ0v) is 20.6.